The van der Waals surface area contributed by atoms with Crippen molar-refractivity contribution in [2.24, 2.45) is 5.41 Å². The van der Waals surface area contributed by atoms with Crippen molar-refractivity contribution in [2.75, 3.05) is 13.1 Å². The van der Waals surface area contributed by atoms with Gasteiger partial charge >= 0.3 is 0 Å². The van der Waals surface area contributed by atoms with Crippen molar-refractivity contribution in [2.45, 2.75) is 70.5 Å². The first-order valence-corrected chi connectivity index (χ1v) is 8.03. The van der Waals surface area contributed by atoms with Crippen molar-refractivity contribution >= 4 is 11.9 Å². The summed E-state index contributed by atoms with van der Waals surface area (Å²) in [5.41, 5.74) is 0.654. The molecule has 0 aromatic rings. The highest BCUT2D eigenvalue weighted by Crippen LogP contribution is 2.42. The van der Waals surface area contributed by atoms with Gasteiger partial charge in [0.2, 0.25) is 0 Å². The zero-order chi connectivity index (χ0) is 11.4. The van der Waals surface area contributed by atoms with Crippen LogP contribution in [0, 0.1) is 5.41 Å². The average molecular weight is 241 g/mol. The molecule has 0 amide bonds. The summed E-state index contributed by atoms with van der Waals surface area (Å²) < 4.78 is 2.68. The molecule has 0 N–H and O–H groups in total. The van der Waals surface area contributed by atoms with Crippen molar-refractivity contribution in [1.29, 1.82) is 0 Å². The molecule has 1 heterocycles. The van der Waals surface area contributed by atoms with Gasteiger partial charge in [0.25, 0.3) is 0 Å². The van der Waals surface area contributed by atoms with Crippen LogP contribution in [0.25, 0.3) is 0 Å². The van der Waals surface area contributed by atoms with Crippen LogP contribution in [0.15, 0.2) is 0 Å². The van der Waals surface area contributed by atoms with E-state index in [0.717, 1.165) is 5.25 Å². The van der Waals surface area contributed by atoms with Gasteiger partial charge < -0.3 is 0 Å². The van der Waals surface area contributed by atoms with Crippen LogP contribution < -0.4 is 0 Å². The molecule has 2 aliphatic rings. The number of nitrogens with zero attached hydrogens (tertiary/aromatic N) is 1. The summed E-state index contributed by atoms with van der Waals surface area (Å²) in [6, 6.07) is 0. The first-order valence-electron chi connectivity index (χ1n) is 7.20. The molecule has 94 valence electrons. The molecule has 0 spiro atoms. The maximum atomic E-state index is 2.68. The lowest BCUT2D eigenvalue weighted by molar-refractivity contribution is 0.283. The molecule has 0 unspecified atom stereocenters. The molecule has 0 radical (unpaired) electrons. The quantitative estimate of drug-likeness (QED) is 0.668. The summed E-state index contributed by atoms with van der Waals surface area (Å²) in [6.07, 6.45) is 11.5. The lowest BCUT2D eigenvalue weighted by atomic mass is 9.82. The standard InChI is InChI=1S/C14H27NS/c1-3-14(4-2)10-11-15(12-14)16-13-8-6-5-7-9-13/h13H,3-12H2,1-2H3. The van der Waals surface area contributed by atoms with E-state index in [1.54, 1.807) is 0 Å². The van der Waals surface area contributed by atoms with Crippen LogP contribution in [0.3, 0.4) is 0 Å². The Kier molecular flexibility index (Phi) is 4.60. The van der Waals surface area contributed by atoms with Crippen molar-refractivity contribution in [3.63, 3.8) is 0 Å². The topological polar surface area (TPSA) is 3.24 Å². The largest absolute Gasteiger partial charge is 0.250 e. The van der Waals surface area contributed by atoms with E-state index in [4.69, 9.17) is 0 Å². The summed E-state index contributed by atoms with van der Waals surface area (Å²) in [5.74, 6) is 0. The van der Waals surface area contributed by atoms with E-state index in [-0.39, 0.29) is 0 Å². The SMILES string of the molecule is CCC1(CC)CCN(SC2CCCCC2)C1. The highest BCUT2D eigenvalue weighted by molar-refractivity contribution is 7.97. The lowest BCUT2D eigenvalue weighted by Gasteiger charge is -2.29. The molecule has 1 nitrogen and oxygen atoms in total. The van der Waals surface area contributed by atoms with Gasteiger partial charge in [-0.3, -0.25) is 0 Å². The third kappa shape index (κ3) is 2.95. The molecule has 2 heteroatoms. The molecule has 1 saturated heterocycles. The Balaban J connectivity index is 1.79. The van der Waals surface area contributed by atoms with Gasteiger partial charge in [0.05, 0.1) is 0 Å². The molecular weight excluding hydrogens is 214 g/mol. The molecule has 1 saturated carbocycles. The first kappa shape index (κ1) is 12.8. The Labute approximate surface area is 105 Å². The predicted molar refractivity (Wildman–Crippen MR) is 73.7 cm³/mol. The van der Waals surface area contributed by atoms with Gasteiger partial charge in [-0.1, -0.05) is 45.1 Å². The fourth-order valence-corrected chi connectivity index (χ4v) is 4.70. The summed E-state index contributed by atoms with van der Waals surface area (Å²) >= 11 is 2.19. The Bertz CT molecular complexity index is 207. The lowest BCUT2D eigenvalue weighted by Crippen LogP contribution is -2.24. The van der Waals surface area contributed by atoms with Crippen molar-refractivity contribution in [3.8, 4) is 0 Å². The Morgan fingerprint density at radius 3 is 2.38 bits per heavy atom. The predicted octanol–water partition coefficient (Wildman–Crippen LogP) is 4.48. The van der Waals surface area contributed by atoms with Gasteiger partial charge in [0, 0.05) is 18.3 Å². The van der Waals surface area contributed by atoms with Crippen molar-refractivity contribution in [3.05, 3.63) is 0 Å². The van der Waals surface area contributed by atoms with Gasteiger partial charge in [-0.15, -0.1) is 0 Å². The van der Waals surface area contributed by atoms with Crippen molar-refractivity contribution in [1.82, 2.24) is 4.31 Å². The second-order valence-electron chi connectivity index (χ2n) is 5.69. The molecule has 1 aliphatic heterocycles. The van der Waals surface area contributed by atoms with Gasteiger partial charge in [0.15, 0.2) is 0 Å². The molecule has 2 rings (SSSR count). The van der Waals surface area contributed by atoms with E-state index in [1.165, 1.54) is 64.5 Å². The Morgan fingerprint density at radius 2 is 1.81 bits per heavy atom. The third-order valence-electron chi connectivity index (χ3n) is 4.75. The van der Waals surface area contributed by atoms with Gasteiger partial charge in [-0.05, 0) is 37.5 Å². The van der Waals surface area contributed by atoms with Gasteiger partial charge in [0.1, 0.15) is 0 Å². The maximum absolute atomic E-state index is 2.68. The second kappa shape index (κ2) is 5.77. The van der Waals surface area contributed by atoms with Crippen LogP contribution in [0.1, 0.15) is 65.2 Å². The summed E-state index contributed by atoms with van der Waals surface area (Å²) in [4.78, 5) is 0. The fraction of sp³-hybridized carbons (Fsp3) is 1.00. The van der Waals surface area contributed by atoms with Crippen molar-refractivity contribution < 1.29 is 0 Å². The number of rotatable bonds is 4. The molecule has 0 aromatic heterocycles. The Hall–Kier alpha value is 0.310. The van der Waals surface area contributed by atoms with Gasteiger partial charge in [-0.25, -0.2) is 4.31 Å². The maximum Gasteiger partial charge on any atom is 0.0195 e. The third-order valence-corrected chi connectivity index (χ3v) is 6.13. The smallest absolute Gasteiger partial charge is 0.0195 e. The monoisotopic (exact) mass is 241 g/mol. The average Bonchev–Trinajstić information content (AvgIpc) is 2.75. The fourth-order valence-electron chi connectivity index (χ4n) is 3.19. The zero-order valence-corrected chi connectivity index (χ0v) is 11.8. The van der Waals surface area contributed by atoms with Crippen LogP contribution in [0.4, 0.5) is 0 Å². The zero-order valence-electron chi connectivity index (χ0n) is 11.0. The minimum atomic E-state index is 0.654. The van der Waals surface area contributed by atoms with Crippen LogP contribution in [0.5, 0.6) is 0 Å². The van der Waals surface area contributed by atoms with E-state index in [1.807, 2.05) is 0 Å². The molecule has 0 atom stereocenters. The number of hydrogen-bond acceptors (Lipinski definition) is 2. The van der Waals surface area contributed by atoms with Crippen LogP contribution in [-0.4, -0.2) is 22.6 Å². The molecule has 0 aromatic carbocycles. The minimum absolute atomic E-state index is 0.654. The normalized spacial score (nSPS) is 27.4. The minimum Gasteiger partial charge on any atom is -0.250 e. The highest BCUT2D eigenvalue weighted by Gasteiger charge is 2.36. The molecule has 0 bridgehead atoms. The first-order chi connectivity index (χ1) is 7.78. The van der Waals surface area contributed by atoms with Gasteiger partial charge in [-0.2, -0.15) is 0 Å². The van der Waals surface area contributed by atoms with Crippen LogP contribution in [-0.2, 0) is 0 Å². The molecule has 1 aliphatic carbocycles. The molecular formula is C14H27NS. The highest BCUT2D eigenvalue weighted by atomic mass is 32.2. The molecule has 2 fully saturated rings. The second-order valence-corrected chi connectivity index (χ2v) is 7.08. The van der Waals surface area contributed by atoms with E-state index < -0.39 is 0 Å². The summed E-state index contributed by atoms with van der Waals surface area (Å²) in [6.45, 7) is 7.43. The van der Waals surface area contributed by atoms with E-state index in [0.29, 0.717) is 5.41 Å². The number of hydrogen-bond donors (Lipinski definition) is 0. The Morgan fingerprint density at radius 1 is 1.12 bits per heavy atom. The van der Waals surface area contributed by atoms with Crippen LogP contribution in [0.2, 0.25) is 0 Å². The van der Waals surface area contributed by atoms with E-state index >= 15 is 0 Å². The molecule has 16 heavy (non-hydrogen) atoms. The van der Waals surface area contributed by atoms with E-state index in [9.17, 15) is 0 Å². The summed E-state index contributed by atoms with van der Waals surface area (Å²) in [5, 5.41) is 0.943. The summed E-state index contributed by atoms with van der Waals surface area (Å²) in [7, 11) is 0. The van der Waals surface area contributed by atoms with Crippen LogP contribution >= 0.6 is 11.9 Å². The van der Waals surface area contributed by atoms with E-state index in [2.05, 4.69) is 30.1 Å².